The molecule has 96 valence electrons. The summed E-state index contributed by atoms with van der Waals surface area (Å²) in [6.45, 7) is 3.43. The molecule has 0 atom stereocenters. The molecule has 0 radical (unpaired) electrons. The molecule has 1 heterocycles. The summed E-state index contributed by atoms with van der Waals surface area (Å²) in [5, 5.41) is 4.67. The molecule has 0 aliphatic heterocycles. The van der Waals surface area contributed by atoms with E-state index in [1.165, 1.54) is 37.2 Å². The van der Waals surface area contributed by atoms with Crippen LogP contribution in [0.5, 0.6) is 0 Å². The number of anilines is 2. The van der Waals surface area contributed by atoms with Crippen LogP contribution < -0.4 is 11.1 Å². The summed E-state index contributed by atoms with van der Waals surface area (Å²) in [6, 6.07) is 0. The molecule has 1 fully saturated rings. The summed E-state index contributed by atoms with van der Waals surface area (Å²) >= 11 is 3.16. The van der Waals surface area contributed by atoms with Crippen LogP contribution in [0, 0.1) is 11.8 Å². The molecule has 0 unspecified atom stereocenters. The Hall–Kier alpha value is -0.420. The van der Waals surface area contributed by atoms with Crippen LogP contribution in [0.1, 0.15) is 32.6 Å². The van der Waals surface area contributed by atoms with Gasteiger partial charge in [-0.2, -0.15) is 4.37 Å². The largest absolute Gasteiger partial charge is 0.382 e. The number of nitrogens with zero attached hydrogens (tertiary/aromatic N) is 1. The topological polar surface area (TPSA) is 50.9 Å². The maximum Gasteiger partial charge on any atom is 0.153 e. The minimum atomic E-state index is 0.669. The van der Waals surface area contributed by atoms with Crippen molar-refractivity contribution >= 4 is 34.1 Å². The predicted octanol–water partition coefficient (Wildman–Crippen LogP) is 3.69. The van der Waals surface area contributed by atoms with Gasteiger partial charge in [-0.15, -0.1) is 11.8 Å². The maximum absolute atomic E-state index is 5.82. The van der Waals surface area contributed by atoms with Crippen molar-refractivity contribution in [2.75, 3.05) is 23.9 Å². The fourth-order valence-electron chi connectivity index (χ4n) is 2.37. The lowest BCUT2D eigenvalue weighted by atomic mass is 9.83. The second kappa shape index (κ2) is 5.96. The SMILES string of the molecule is CSc1c(N)nsc1NCC1CCC(C)CC1. The van der Waals surface area contributed by atoms with E-state index in [4.69, 9.17) is 5.73 Å². The number of nitrogens with one attached hydrogen (secondary N) is 1. The van der Waals surface area contributed by atoms with E-state index in [9.17, 15) is 0 Å². The Bertz CT molecular complexity index is 357. The molecule has 3 N–H and O–H groups in total. The number of hydrogen-bond acceptors (Lipinski definition) is 5. The van der Waals surface area contributed by atoms with Gasteiger partial charge in [-0.1, -0.05) is 19.8 Å². The zero-order valence-electron chi connectivity index (χ0n) is 10.5. The number of nitrogen functional groups attached to an aromatic ring is 1. The summed E-state index contributed by atoms with van der Waals surface area (Å²) in [5.41, 5.74) is 5.82. The van der Waals surface area contributed by atoms with Gasteiger partial charge in [-0.3, -0.25) is 0 Å². The van der Waals surface area contributed by atoms with Crippen molar-refractivity contribution in [2.45, 2.75) is 37.5 Å². The highest BCUT2D eigenvalue weighted by atomic mass is 32.2. The van der Waals surface area contributed by atoms with E-state index in [0.717, 1.165) is 28.3 Å². The van der Waals surface area contributed by atoms with Gasteiger partial charge >= 0.3 is 0 Å². The molecule has 0 bridgehead atoms. The first-order valence-corrected chi connectivity index (χ1v) is 8.23. The van der Waals surface area contributed by atoms with Crippen LogP contribution in [0.3, 0.4) is 0 Å². The zero-order chi connectivity index (χ0) is 12.3. The Morgan fingerprint density at radius 1 is 1.41 bits per heavy atom. The lowest BCUT2D eigenvalue weighted by molar-refractivity contribution is 0.300. The van der Waals surface area contributed by atoms with E-state index in [1.807, 2.05) is 6.26 Å². The number of rotatable bonds is 4. The van der Waals surface area contributed by atoms with Gasteiger partial charge in [-0.05, 0) is 42.5 Å². The Morgan fingerprint density at radius 2 is 2.12 bits per heavy atom. The van der Waals surface area contributed by atoms with Gasteiger partial charge in [0.15, 0.2) is 5.82 Å². The first-order chi connectivity index (χ1) is 8.20. The van der Waals surface area contributed by atoms with Gasteiger partial charge < -0.3 is 11.1 Å². The van der Waals surface area contributed by atoms with Crippen LogP contribution in [0.4, 0.5) is 10.8 Å². The van der Waals surface area contributed by atoms with Crippen molar-refractivity contribution in [1.82, 2.24) is 4.37 Å². The molecule has 0 spiro atoms. The smallest absolute Gasteiger partial charge is 0.153 e. The van der Waals surface area contributed by atoms with Gasteiger partial charge in [0.25, 0.3) is 0 Å². The third kappa shape index (κ3) is 3.28. The van der Waals surface area contributed by atoms with Gasteiger partial charge in [-0.25, -0.2) is 0 Å². The molecule has 0 amide bonds. The third-order valence-corrected chi connectivity index (χ3v) is 5.33. The van der Waals surface area contributed by atoms with E-state index in [1.54, 1.807) is 11.8 Å². The average molecular weight is 271 g/mol. The van der Waals surface area contributed by atoms with Crippen LogP contribution in [-0.2, 0) is 0 Å². The molecular formula is C12H21N3S2. The van der Waals surface area contributed by atoms with Crippen LogP contribution in [0.2, 0.25) is 0 Å². The standard InChI is InChI=1S/C12H21N3S2/c1-8-3-5-9(6-4-8)7-14-12-10(16-2)11(13)15-17-12/h8-9,14H,3-7H2,1-2H3,(H2,13,15). The molecule has 1 aromatic heterocycles. The van der Waals surface area contributed by atoms with Crippen molar-refractivity contribution in [3.8, 4) is 0 Å². The Balaban J connectivity index is 1.85. The molecule has 3 nitrogen and oxygen atoms in total. The van der Waals surface area contributed by atoms with Crippen LogP contribution in [-0.4, -0.2) is 17.2 Å². The normalized spacial score (nSPS) is 24.8. The minimum absolute atomic E-state index is 0.669. The summed E-state index contributed by atoms with van der Waals surface area (Å²) < 4.78 is 4.20. The molecule has 0 aromatic carbocycles. The van der Waals surface area contributed by atoms with Crippen LogP contribution in [0.15, 0.2) is 4.90 Å². The van der Waals surface area contributed by atoms with Gasteiger partial charge in [0.05, 0.1) is 4.90 Å². The Kier molecular flexibility index (Phi) is 4.56. The molecule has 1 aliphatic rings. The van der Waals surface area contributed by atoms with E-state index in [0.29, 0.717) is 5.82 Å². The van der Waals surface area contributed by atoms with Gasteiger partial charge in [0.1, 0.15) is 5.00 Å². The van der Waals surface area contributed by atoms with Crippen molar-refractivity contribution < 1.29 is 0 Å². The molecule has 1 aromatic rings. The second-order valence-electron chi connectivity index (χ2n) is 4.94. The van der Waals surface area contributed by atoms with Crippen molar-refractivity contribution in [3.63, 3.8) is 0 Å². The predicted molar refractivity (Wildman–Crippen MR) is 77.9 cm³/mol. The van der Waals surface area contributed by atoms with Crippen molar-refractivity contribution in [2.24, 2.45) is 11.8 Å². The summed E-state index contributed by atoms with van der Waals surface area (Å²) in [7, 11) is 0. The van der Waals surface area contributed by atoms with Crippen LogP contribution in [0.25, 0.3) is 0 Å². The highest BCUT2D eigenvalue weighted by Crippen LogP contribution is 2.35. The quantitative estimate of drug-likeness (QED) is 0.820. The summed E-state index contributed by atoms with van der Waals surface area (Å²) in [6.07, 6.45) is 7.53. The minimum Gasteiger partial charge on any atom is -0.382 e. The molecule has 1 saturated carbocycles. The molecule has 0 saturated heterocycles. The summed E-state index contributed by atoms with van der Waals surface area (Å²) in [4.78, 5) is 1.11. The van der Waals surface area contributed by atoms with Gasteiger partial charge in [0, 0.05) is 6.54 Å². The number of nitrogens with two attached hydrogens (primary N) is 1. The first kappa shape index (κ1) is 13.0. The van der Waals surface area contributed by atoms with E-state index < -0.39 is 0 Å². The first-order valence-electron chi connectivity index (χ1n) is 6.23. The third-order valence-electron chi connectivity index (χ3n) is 3.56. The average Bonchev–Trinajstić information content (AvgIpc) is 2.69. The number of aromatic nitrogens is 1. The van der Waals surface area contributed by atoms with Gasteiger partial charge in [0.2, 0.25) is 0 Å². The molecular weight excluding hydrogens is 250 g/mol. The Labute approximate surface area is 112 Å². The second-order valence-corrected chi connectivity index (χ2v) is 6.53. The lowest BCUT2D eigenvalue weighted by Gasteiger charge is -2.26. The molecule has 1 aliphatic carbocycles. The van der Waals surface area contributed by atoms with E-state index >= 15 is 0 Å². The summed E-state index contributed by atoms with van der Waals surface area (Å²) in [5.74, 6) is 2.42. The zero-order valence-corrected chi connectivity index (χ0v) is 12.2. The molecule has 2 rings (SSSR count). The molecule has 17 heavy (non-hydrogen) atoms. The maximum atomic E-state index is 5.82. The Morgan fingerprint density at radius 3 is 2.76 bits per heavy atom. The highest BCUT2D eigenvalue weighted by Gasteiger charge is 2.19. The van der Waals surface area contributed by atoms with E-state index in [-0.39, 0.29) is 0 Å². The highest BCUT2D eigenvalue weighted by molar-refractivity contribution is 7.99. The lowest BCUT2D eigenvalue weighted by Crippen LogP contribution is -2.19. The van der Waals surface area contributed by atoms with Crippen LogP contribution >= 0.6 is 23.3 Å². The fourth-order valence-corrected chi connectivity index (χ4v) is 3.92. The van der Waals surface area contributed by atoms with Crippen molar-refractivity contribution in [1.29, 1.82) is 0 Å². The van der Waals surface area contributed by atoms with E-state index in [2.05, 4.69) is 16.6 Å². The van der Waals surface area contributed by atoms with Crippen molar-refractivity contribution in [3.05, 3.63) is 0 Å². The monoisotopic (exact) mass is 271 g/mol. The molecule has 5 heteroatoms. The fraction of sp³-hybridized carbons (Fsp3) is 0.750. The number of hydrogen-bond donors (Lipinski definition) is 2. The number of thioether (sulfide) groups is 1.